The number of rotatable bonds is 3. The fraction of sp³-hybridized carbons (Fsp3) is 0.250. The summed E-state index contributed by atoms with van der Waals surface area (Å²) < 4.78 is 5.24. The largest absolute Gasteiger partial charge is 0.437 e. The molecule has 0 bridgehead atoms. The number of nitrogens with two attached hydrogens (primary N) is 1. The zero-order chi connectivity index (χ0) is 11.4. The molecule has 0 aliphatic rings. The number of ether oxygens (including phenoxy) is 1. The lowest BCUT2D eigenvalue weighted by molar-refractivity contribution is 0.0608. The molecule has 1 amide bonds. The number of carbonyl (C=O) groups is 1. The summed E-state index contributed by atoms with van der Waals surface area (Å²) in [6.45, 7) is -0.399. The normalized spacial score (nSPS) is 12.2. The summed E-state index contributed by atoms with van der Waals surface area (Å²) in [5.74, 6) is 0. The minimum Gasteiger partial charge on any atom is -0.437 e. The number of aliphatic hydroxyl groups excluding tert-OH is 1. The number of hydrogen-bond acceptors (Lipinski definition) is 4. The lowest BCUT2D eigenvalue weighted by Gasteiger charge is -2.13. The van der Waals surface area contributed by atoms with Crippen LogP contribution in [0.4, 0.5) is 4.79 Å². The molecule has 0 saturated carbocycles. The van der Waals surface area contributed by atoms with Crippen LogP contribution in [0.1, 0.15) is 11.8 Å². The second-order valence-corrected chi connectivity index (χ2v) is 3.89. The number of primary amides is 1. The third-order valence-electron chi connectivity index (χ3n) is 1.58. The smallest absolute Gasteiger partial charge is 0.405 e. The molecule has 0 fully saturated rings. The van der Waals surface area contributed by atoms with Gasteiger partial charge in [-0.05, 0) is 22.0 Å². The summed E-state index contributed by atoms with van der Waals surface area (Å²) in [6.07, 6.45) is -0.466. The van der Waals surface area contributed by atoms with Crippen LogP contribution in [-0.2, 0) is 4.74 Å². The van der Waals surface area contributed by atoms with Crippen molar-refractivity contribution in [3.8, 4) is 0 Å². The Morgan fingerprint density at radius 2 is 2.47 bits per heavy atom. The van der Waals surface area contributed by atoms with E-state index in [1.165, 1.54) is 6.20 Å². The Kier molecular flexibility index (Phi) is 4.31. The molecule has 5 nitrogen and oxygen atoms in total. The van der Waals surface area contributed by atoms with Crippen molar-refractivity contribution in [2.45, 2.75) is 6.10 Å². The first-order valence-electron chi connectivity index (χ1n) is 3.92. The van der Waals surface area contributed by atoms with Crippen molar-refractivity contribution in [3.63, 3.8) is 0 Å². The van der Waals surface area contributed by atoms with Gasteiger partial charge in [-0.3, -0.25) is 4.98 Å². The van der Waals surface area contributed by atoms with E-state index in [-0.39, 0.29) is 0 Å². The van der Waals surface area contributed by atoms with Gasteiger partial charge in [0.05, 0.1) is 17.3 Å². The van der Waals surface area contributed by atoms with Crippen LogP contribution in [0.2, 0.25) is 5.02 Å². The fourth-order valence-electron chi connectivity index (χ4n) is 0.936. The van der Waals surface area contributed by atoms with Gasteiger partial charge in [0.25, 0.3) is 0 Å². The van der Waals surface area contributed by atoms with Gasteiger partial charge in [0, 0.05) is 10.7 Å². The van der Waals surface area contributed by atoms with E-state index in [1.54, 1.807) is 6.07 Å². The third kappa shape index (κ3) is 3.33. The highest BCUT2D eigenvalue weighted by molar-refractivity contribution is 9.10. The molecule has 0 aliphatic carbocycles. The van der Waals surface area contributed by atoms with E-state index in [9.17, 15) is 4.79 Å². The average molecular weight is 296 g/mol. The average Bonchev–Trinajstić information content (AvgIpc) is 2.18. The van der Waals surface area contributed by atoms with Crippen molar-refractivity contribution >= 4 is 33.6 Å². The van der Waals surface area contributed by atoms with E-state index in [2.05, 4.69) is 25.7 Å². The highest BCUT2D eigenvalue weighted by Gasteiger charge is 2.16. The number of amides is 1. The number of halogens is 2. The van der Waals surface area contributed by atoms with E-state index in [0.29, 0.717) is 15.2 Å². The highest BCUT2D eigenvalue weighted by Crippen LogP contribution is 2.25. The monoisotopic (exact) mass is 294 g/mol. The van der Waals surface area contributed by atoms with Crippen LogP contribution in [0.15, 0.2) is 16.7 Å². The van der Waals surface area contributed by atoms with Crippen LogP contribution in [0.25, 0.3) is 0 Å². The summed E-state index contributed by atoms with van der Waals surface area (Å²) in [6, 6.07) is 1.55. The molecule has 82 valence electrons. The first-order chi connectivity index (χ1) is 7.04. The van der Waals surface area contributed by atoms with Gasteiger partial charge >= 0.3 is 6.09 Å². The number of hydrogen-bond donors (Lipinski definition) is 2. The minimum atomic E-state index is -0.970. The van der Waals surface area contributed by atoms with Gasteiger partial charge in [0.15, 0.2) is 6.10 Å². The summed E-state index contributed by atoms with van der Waals surface area (Å²) in [7, 11) is 0. The Labute approximate surface area is 99.3 Å². The molecule has 0 unspecified atom stereocenters. The van der Waals surface area contributed by atoms with Crippen molar-refractivity contribution in [2.24, 2.45) is 5.73 Å². The number of nitrogens with zero attached hydrogens (tertiary/aromatic N) is 1. The molecule has 7 heteroatoms. The molecule has 1 atom stereocenters. The maximum Gasteiger partial charge on any atom is 0.405 e. The van der Waals surface area contributed by atoms with Gasteiger partial charge in [-0.1, -0.05) is 11.6 Å². The second-order valence-electron chi connectivity index (χ2n) is 2.63. The molecule has 0 radical (unpaired) electrons. The third-order valence-corrected chi connectivity index (χ3v) is 2.77. The number of carbonyl (C=O) groups excluding carboxylic acids is 1. The predicted molar refractivity (Wildman–Crippen MR) is 57.4 cm³/mol. The Balaban J connectivity index is 2.92. The van der Waals surface area contributed by atoms with Crippen molar-refractivity contribution in [2.75, 3.05) is 6.61 Å². The Bertz CT molecular complexity index is 375. The van der Waals surface area contributed by atoms with Gasteiger partial charge in [0.1, 0.15) is 0 Å². The minimum absolute atomic E-state index is 0.368. The van der Waals surface area contributed by atoms with Crippen molar-refractivity contribution in [3.05, 3.63) is 27.5 Å². The molecular weight excluding hydrogens is 287 g/mol. The zero-order valence-corrected chi connectivity index (χ0v) is 9.83. The zero-order valence-electron chi connectivity index (χ0n) is 7.48. The van der Waals surface area contributed by atoms with Crippen LogP contribution in [-0.4, -0.2) is 22.8 Å². The Morgan fingerprint density at radius 3 is 2.93 bits per heavy atom. The molecule has 0 saturated heterocycles. The van der Waals surface area contributed by atoms with Gasteiger partial charge in [0.2, 0.25) is 0 Å². The number of pyridine rings is 1. The topological polar surface area (TPSA) is 85.4 Å². The molecular formula is C8H8BrClN2O3. The standard InChI is InChI=1S/C8H8BrClN2O3/c9-4-1-6(12-2-5(4)10)7(3-13)15-8(11)14/h1-2,7,13H,3H2,(H2,11,14)/t7-/m1/s1. The molecule has 1 rings (SSSR count). The first kappa shape index (κ1) is 12.2. The van der Waals surface area contributed by atoms with Crippen LogP contribution in [0.5, 0.6) is 0 Å². The van der Waals surface area contributed by atoms with E-state index >= 15 is 0 Å². The molecule has 15 heavy (non-hydrogen) atoms. The molecule has 1 heterocycles. The highest BCUT2D eigenvalue weighted by atomic mass is 79.9. The lowest BCUT2D eigenvalue weighted by atomic mass is 10.2. The van der Waals surface area contributed by atoms with Crippen molar-refractivity contribution in [1.82, 2.24) is 4.98 Å². The first-order valence-corrected chi connectivity index (χ1v) is 5.09. The lowest BCUT2D eigenvalue weighted by Crippen LogP contribution is -2.20. The molecule has 3 N–H and O–H groups in total. The summed E-state index contributed by atoms with van der Waals surface area (Å²) in [5.41, 5.74) is 5.20. The van der Waals surface area contributed by atoms with Gasteiger partial charge < -0.3 is 15.6 Å². The fourth-order valence-corrected chi connectivity index (χ4v) is 1.38. The van der Waals surface area contributed by atoms with E-state index in [4.69, 9.17) is 22.4 Å². The second kappa shape index (κ2) is 5.29. The SMILES string of the molecule is NC(=O)O[C@H](CO)c1cc(Br)c(Cl)cn1. The quantitative estimate of drug-likeness (QED) is 0.887. The predicted octanol–water partition coefficient (Wildman–Crippen LogP) is 1.63. The van der Waals surface area contributed by atoms with Crippen molar-refractivity contribution in [1.29, 1.82) is 0 Å². The van der Waals surface area contributed by atoms with Crippen LogP contribution in [0, 0.1) is 0 Å². The molecule has 0 aromatic carbocycles. The molecule has 1 aromatic rings. The Hall–Kier alpha value is -0.850. The number of aliphatic hydroxyl groups is 1. The molecule has 1 aromatic heterocycles. The summed E-state index contributed by atoms with van der Waals surface area (Å²) in [5, 5.41) is 9.39. The summed E-state index contributed by atoms with van der Waals surface area (Å²) in [4.78, 5) is 14.4. The van der Waals surface area contributed by atoms with Crippen LogP contribution in [0.3, 0.4) is 0 Å². The Morgan fingerprint density at radius 1 is 1.80 bits per heavy atom. The van der Waals surface area contributed by atoms with Crippen molar-refractivity contribution < 1.29 is 14.6 Å². The summed E-state index contributed by atoms with van der Waals surface area (Å²) >= 11 is 8.91. The number of aromatic nitrogens is 1. The molecule has 0 spiro atoms. The van der Waals surface area contributed by atoms with Crippen LogP contribution >= 0.6 is 27.5 Å². The molecule has 0 aliphatic heterocycles. The maximum atomic E-state index is 10.5. The van der Waals surface area contributed by atoms with Gasteiger partial charge in [-0.15, -0.1) is 0 Å². The van der Waals surface area contributed by atoms with E-state index in [0.717, 1.165) is 0 Å². The maximum absolute atomic E-state index is 10.5. The van der Waals surface area contributed by atoms with Crippen LogP contribution < -0.4 is 5.73 Å². The van der Waals surface area contributed by atoms with Gasteiger partial charge in [-0.25, -0.2) is 4.79 Å². The van der Waals surface area contributed by atoms with E-state index < -0.39 is 18.8 Å². The van der Waals surface area contributed by atoms with E-state index in [1.807, 2.05) is 0 Å². The van der Waals surface area contributed by atoms with Gasteiger partial charge in [-0.2, -0.15) is 0 Å².